The van der Waals surface area contributed by atoms with Crippen molar-refractivity contribution in [3.8, 4) is 5.75 Å². The zero-order valence-corrected chi connectivity index (χ0v) is 17.0. The second kappa shape index (κ2) is 9.10. The molecular formula is C19H22ClNO5S. The summed E-state index contributed by atoms with van der Waals surface area (Å²) in [5.41, 5.74) is 0.454. The second-order valence-corrected chi connectivity index (χ2v) is 7.73. The van der Waals surface area contributed by atoms with Crippen LogP contribution in [0.1, 0.15) is 31.1 Å². The third kappa shape index (κ3) is 4.73. The molecule has 0 bridgehead atoms. The van der Waals surface area contributed by atoms with Gasteiger partial charge < -0.3 is 9.47 Å². The molecule has 0 amide bonds. The number of carbonyl (C=O) groups excluding carboxylic acids is 1. The van der Waals surface area contributed by atoms with Gasteiger partial charge >= 0.3 is 5.97 Å². The molecule has 6 nitrogen and oxygen atoms in total. The van der Waals surface area contributed by atoms with E-state index >= 15 is 0 Å². The Kier molecular flexibility index (Phi) is 7.10. The van der Waals surface area contributed by atoms with Crippen molar-refractivity contribution in [1.82, 2.24) is 0 Å². The Morgan fingerprint density at radius 2 is 1.70 bits per heavy atom. The fourth-order valence-electron chi connectivity index (χ4n) is 2.53. The summed E-state index contributed by atoms with van der Waals surface area (Å²) in [5, 5.41) is 0.201. The molecule has 0 saturated heterocycles. The van der Waals surface area contributed by atoms with Crippen LogP contribution in [-0.4, -0.2) is 34.1 Å². The Morgan fingerprint density at radius 1 is 1.04 bits per heavy atom. The number of sulfonamides is 1. The minimum atomic E-state index is -3.82. The number of rotatable bonds is 8. The van der Waals surface area contributed by atoms with Crippen molar-refractivity contribution in [3.05, 3.63) is 53.1 Å². The Labute approximate surface area is 164 Å². The van der Waals surface area contributed by atoms with Gasteiger partial charge in [-0.25, -0.2) is 13.2 Å². The van der Waals surface area contributed by atoms with E-state index in [-0.39, 0.29) is 28.6 Å². The van der Waals surface area contributed by atoms with Crippen LogP contribution in [0.3, 0.4) is 0 Å². The minimum Gasteiger partial charge on any atom is -0.494 e. The van der Waals surface area contributed by atoms with E-state index in [0.717, 1.165) is 0 Å². The predicted octanol–water partition coefficient (Wildman–Crippen LogP) is 4.13. The van der Waals surface area contributed by atoms with E-state index in [1.165, 1.54) is 28.6 Å². The van der Waals surface area contributed by atoms with Crippen molar-refractivity contribution in [1.29, 1.82) is 0 Å². The van der Waals surface area contributed by atoms with E-state index in [2.05, 4.69) is 0 Å². The Bertz CT molecular complexity index is 897. The minimum absolute atomic E-state index is 0.122. The highest BCUT2D eigenvalue weighted by atomic mass is 35.5. The van der Waals surface area contributed by atoms with Crippen LogP contribution in [0.2, 0.25) is 5.02 Å². The largest absolute Gasteiger partial charge is 0.494 e. The average molecular weight is 412 g/mol. The van der Waals surface area contributed by atoms with Crippen LogP contribution in [0.15, 0.2) is 47.4 Å². The summed E-state index contributed by atoms with van der Waals surface area (Å²) in [5.74, 6) is -0.00513. The number of hydrogen-bond donors (Lipinski definition) is 0. The molecule has 0 aliphatic heterocycles. The van der Waals surface area contributed by atoms with Crippen LogP contribution in [0, 0.1) is 0 Å². The fourth-order valence-corrected chi connectivity index (χ4v) is 4.19. The van der Waals surface area contributed by atoms with Gasteiger partial charge in [0.1, 0.15) is 5.75 Å². The number of hydrogen-bond acceptors (Lipinski definition) is 5. The molecule has 2 aromatic carbocycles. The van der Waals surface area contributed by atoms with E-state index in [1.807, 2.05) is 6.92 Å². The predicted molar refractivity (Wildman–Crippen MR) is 105 cm³/mol. The number of benzene rings is 2. The van der Waals surface area contributed by atoms with E-state index < -0.39 is 16.0 Å². The summed E-state index contributed by atoms with van der Waals surface area (Å²) in [4.78, 5) is 12.2. The van der Waals surface area contributed by atoms with Gasteiger partial charge in [0.05, 0.1) is 34.4 Å². The molecule has 8 heteroatoms. The van der Waals surface area contributed by atoms with Gasteiger partial charge in [-0.15, -0.1) is 0 Å². The van der Waals surface area contributed by atoms with Crippen LogP contribution in [0.5, 0.6) is 5.75 Å². The van der Waals surface area contributed by atoms with Crippen molar-refractivity contribution >= 4 is 33.3 Å². The zero-order valence-electron chi connectivity index (χ0n) is 15.4. The van der Waals surface area contributed by atoms with Gasteiger partial charge in [0.2, 0.25) is 0 Å². The summed E-state index contributed by atoms with van der Waals surface area (Å²) in [6.45, 7) is 6.12. The summed E-state index contributed by atoms with van der Waals surface area (Å²) in [6, 6.07) is 10.7. The third-order valence-corrected chi connectivity index (χ3v) is 5.99. The molecule has 146 valence electrons. The van der Waals surface area contributed by atoms with E-state index in [0.29, 0.717) is 18.0 Å². The topological polar surface area (TPSA) is 72.9 Å². The highest BCUT2D eigenvalue weighted by Crippen LogP contribution is 2.29. The molecule has 0 fully saturated rings. The fraction of sp³-hybridized carbons (Fsp3) is 0.316. The van der Waals surface area contributed by atoms with E-state index in [9.17, 15) is 13.2 Å². The summed E-state index contributed by atoms with van der Waals surface area (Å²) >= 11 is 6.07. The summed E-state index contributed by atoms with van der Waals surface area (Å²) in [7, 11) is -3.82. The van der Waals surface area contributed by atoms with Crippen LogP contribution in [0.4, 0.5) is 5.69 Å². The maximum absolute atomic E-state index is 13.1. The molecule has 0 aromatic heterocycles. The van der Waals surface area contributed by atoms with Gasteiger partial charge in [-0.3, -0.25) is 4.31 Å². The molecule has 0 atom stereocenters. The molecule has 0 aliphatic carbocycles. The van der Waals surface area contributed by atoms with E-state index in [4.69, 9.17) is 21.1 Å². The summed E-state index contributed by atoms with van der Waals surface area (Å²) in [6.07, 6.45) is 0. The number of esters is 1. The normalized spacial score (nSPS) is 11.1. The van der Waals surface area contributed by atoms with Gasteiger partial charge in [-0.1, -0.05) is 11.6 Å². The second-order valence-electron chi connectivity index (χ2n) is 5.46. The molecule has 0 radical (unpaired) electrons. The first-order chi connectivity index (χ1) is 12.8. The first-order valence-electron chi connectivity index (χ1n) is 8.57. The molecule has 0 unspecified atom stereocenters. The number of nitrogens with zero attached hydrogens (tertiary/aromatic N) is 1. The van der Waals surface area contributed by atoms with Gasteiger partial charge in [0, 0.05) is 6.54 Å². The molecule has 0 heterocycles. The quantitative estimate of drug-likeness (QED) is 0.610. The number of anilines is 1. The highest BCUT2D eigenvalue weighted by molar-refractivity contribution is 7.92. The Balaban J connectivity index is 2.42. The Morgan fingerprint density at radius 3 is 2.26 bits per heavy atom. The van der Waals surface area contributed by atoms with Gasteiger partial charge in [-0.2, -0.15) is 0 Å². The lowest BCUT2D eigenvalue weighted by atomic mass is 10.2. The smallest absolute Gasteiger partial charge is 0.339 e. The van der Waals surface area contributed by atoms with Gasteiger partial charge in [0.15, 0.2) is 0 Å². The molecule has 2 aromatic rings. The van der Waals surface area contributed by atoms with Crippen molar-refractivity contribution in [2.45, 2.75) is 25.7 Å². The lowest BCUT2D eigenvalue weighted by Crippen LogP contribution is -2.31. The molecule has 2 rings (SSSR count). The monoisotopic (exact) mass is 411 g/mol. The number of halogens is 1. The van der Waals surface area contributed by atoms with Crippen molar-refractivity contribution in [2.24, 2.45) is 0 Å². The lowest BCUT2D eigenvalue weighted by molar-refractivity contribution is 0.0526. The van der Waals surface area contributed by atoms with E-state index in [1.54, 1.807) is 32.0 Å². The number of carbonyl (C=O) groups is 1. The average Bonchev–Trinajstić information content (AvgIpc) is 2.64. The molecule has 27 heavy (non-hydrogen) atoms. The lowest BCUT2D eigenvalue weighted by Gasteiger charge is -2.23. The van der Waals surface area contributed by atoms with Crippen molar-refractivity contribution in [3.63, 3.8) is 0 Å². The molecular weight excluding hydrogens is 390 g/mol. The number of ether oxygens (including phenoxy) is 2. The first kappa shape index (κ1) is 21.1. The first-order valence-corrected chi connectivity index (χ1v) is 10.4. The zero-order chi connectivity index (χ0) is 20.0. The summed E-state index contributed by atoms with van der Waals surface area (Å²) < 4.78 is 37.7. The molecule has 0 spiro atoms. The molecule has 0 aliphatic rings. The SMILES string of the molecule is CCOC(=O)c1cc(N(CC)S(=O)(=O)c2ccc(OCC)cc2)ccc1Cl. The highest BCUT2D eigenvalue weighted by Gasteiger charge is 2.25. The van der Waals surface area contributed by atoms with Crippen LogP contribution >= 0.6 is 11.6 Å². The standard InChI is InChI=1S/C19H22ClNO5S/c1-4-21(14-7-12-18(20)17(13-14)19(22)26-6-3)27(23,24)16-10-8-15(9-11-16)25-5-2/h7-13H,4-6H2,1-3H3. The van der Waals surface area contributed by atoms with Crippen LogP contribution in [0.25, 0.3) is 0 Å². The third-order valence-electron chi connectivity index (χ3n) is 3.74. The van der Waals surface area contributed by atoms with Crippen LogP contribution < -0.4 is 9.04 Å². The maximum Gasteiger partial charge on any atom is 0.339 e. The van der Waals surface area contributed by atoms with Gasteiger partial charge in [-0.05, 0) is 63.2 Å². The van der Waals surface area contributed by atoms with Gasteiger partial charge in [0.25, 0.3) is 10.0 Å². The van der Waals surface area contributed by atoms with Crippen molar-refractivity contribution in [2.75, 3.05) is 24.1 Å². The molecule has 0 N–H and O–H groups in total. The van der Waals surface area contributed by atoms with Crippen LogP contribution in [-0.2, 0) is 14.8 Å². The maximum atomic E-state index is 13.1. The molecule has 0 saturated carbocycles. The Hall–Kier alpha value is -2.25. The van der Waals surface area contributed by atoms with Crippen molar-refractivity contribution < 1.29 is 22.7 Å².